The normalized spacial score (nSPS) is 15.7. The van der Waals surface area contributed by atoms with E-state index in [0.717, 1.165) is 11.3 Å². The standard InChI is InChI=1S/C15H16N2O3/c1-10(16)15(11-4-6-17-7-5-11)20-12-2-3-13-14(8-12)19-9-18-13/h2-8,10,15H,9,16H2,1H3. The average Bonchev–Trinajstić information content (AvgIpc) is 2.93. The third-order valence-corrected chi connectivity index (χ3v) is 3.12. The van der Waals surface area contributed by atoms with Crippen molar-refractivity contribution >= 4 is 0 Å². The lowest BCUT2D eigenvalue weighted by Crippen LogP contribution is -2.29. The van der Waals surface area contributed by atoms with Gasteiger partial charge in [-0.2, -0.15) is 0 Å². The maximum Gasteiger partial charge on any atom is 0.231 e. The molecule has 20 heavy (non-hydrogen) atoms. The number of hydrogen-bond donors (Lipinski definition) is 1. The van der Waals surface area contributed by atoms with E-state index >= 15 is 0 Å². The first-order valence-electron chi connectivity index (χ1n) is 6.46. The van der Waals surface area contributed by atoms with Crippen molar-refractivity contribution in [3.63, 3.8) is 0 Å². The van der Waals surface area contributed by atoms with Crippen LogP contribution < -0.4 is 19.9 Å². The summed E-state index contributed by atoms with van der Waals surface area (Å²) in [5.74, 6) is 2.13. The summed E-state index contributed by atoms with van der Waals surface area (Å²) in [7, 11) is 0. The van der Waals surface area contributed by atoms with Gasteiger partial charge in [-0.05, 0) is 36.8 Å². The largest absolute Gasteiger partial charge is 0.484 e. The fraction of sp³-hybridized carbons (Fsp3) is 0.267. The number of fused-ring (bicyclic) bond motifs is 1. The summed E-state index contributed by atoms with van der Waals surface area (Å²) < 4.78 is 16.6. The second-order valence-electron chi connectivity index (χ2n) is 4.69. The zero-order valence-electron chi connectivity index (χ0n) is 11.2. The maximum absolute atomic E-state index is 6.03. The average molecular weight is 272 g/mol. The van der Waals surface area contributed by atoms with Crippen LogP contribution >= 0.6 is 0 Å². The zero-order chi connectivity index (χ0) is 13.9. The van der Waals surface area contributed by atoms with Crippen LogP contribution in [0.4, 0.5) is 0 Å². The molecule has 0 amide bonds. The molecule has 1 aliphatic heterocycles. The Balaban J connectivity index is 1.84. The van der Waals surface area contributed by atoms with E-state index in [1.807, 2.05) is 37.3 Å². The molecule has 0 saturated heterocycles. The van der Waals surface area contributed by atoms with E-state index in [1.165, 1.54) is 0 Å². The predicted octanol–water partition coefficient (Wildman–Crippen LogP) is 2.28. The van der Waals surface area contributed by atoms with Crippen LogP contribution in [-0.2, 0) is 0 Å². The van der Waals surface area contributed by atoms with Crippen LogP contribution in [0.3, 0.4) is 0 Å². The Kier molecular flexibility index (Phi) is 3.43. The van der Waals surface area contributed by atoms with Crippen LogP contribution in [0.25, 0.3) is 0 Å². The summed E-state index contributed by atoms with van der Waals surface area (Å²) >= 11 is 0. The molecule has 2 unspecified atom stereocenters. The first-order valence-corrected chi connectivity index (χ1v) is 6.46. The lowest BCUT2D eigenvalue weighted by atomic mass is 10.1. The van der Waals surface area contributed by atoms with Gasteiger partial charge in [0.25, 0.3) is 0 Å². The Morgan fingerprint density at radius 3 is 2.65 bits per heavy atom. The molecule has 0 aliphatic carbocycles. The van der Waals surface area contributed by atoms with E-state index in [4.69, 9.17) is 19.9 Å². The SMILES string of the molecule is CC(N)C(Oc1ccc2c(c1)OCO2)c1ccncc1. The molecule has 0 bridgehead atoms. The molecule has 2 atom stereocenters. The van der Waals surface area contributed by atoms with Crippen molar-refractivity contribution < 1.29 is 14.2 Å². The number of hydrogen-bond acceptors (Lipinski definition) is 5. The second-order valence-corrected chi connectivity index (χ2v) is 4.69. The lowest BCUT2D eigenvalue weighted by molar-refractivity contribution is 0.171. The topological polar surface area (TPSA) is 66.6 Å². The Hall–Kier alpha value is -2.27. The van der Waals surface area contributed by atoms with E-state index in [1.54, 1.807) is 12.4 Å². The molecule has 5 heteroatoms. The first kappa shape index (κ1) is 12.7. The number of ether oxygens (including phenoxy) is 3. The summed E-state index contributed by atoms with van der Waals surface area (Å²) in [5.41, 5.74) is 7.02. The van der Waals surface area contributed by atoms with Crippen molar-refractivity contribution in [1.29, 1.82) is 0 Å². The van der Waals surface area contributed by atoms with Gasteiger partial charge >= 0.3 is 0 Å². The highest BCUT2D eigenvalue weighted by atomic mass is 16.7. The second kappa shape index (κ2) is 5.38. The maximum atomic E-state index is 6.03. The smallest absolute Gasteiger partial charge is 0.231 e. The number of nitrogens with two attached hydrogens (primary N) is 1. The minimum atomic E-state index is -0.238. The van der Waals surface area contributed by atoms with Gasteiger partial charge in [0.15, 0.2) is 11.5 Å². The van der Waals surface area contributed by atoms with E-state index in [2.05, 4.69) is 4.98 Å². The minimum absolute atomic E-state index is 0.150. The van der Waals surface area contributed by atoms with Gasteiger partial charge in [-0.25, -0.2) is 0 Å². The molecule has 3 rings (SSSR count). The van der Waals surface area contributed by atoms with Crippen LogP contribution in [0.1, 0.15) is 18.6 Å². The fourth-order valence-electron chi connectivity index (χ4n) is 2.13. The van der Waals surface area contributed by atoms with Gasteiger partial charge in [0.1, 0.15) is 11.9 Å². The molecule has 1 aromatic heterocycles. The van der Waals surface area contributed by atoms with Gasteiger partial charge in [0, 0.05) is 24.5 Å². The van der Waals surface area contributed by atoms with E-state index < -0.39 is 0 Å². The van der Waals surface area contributed by atoms with Crippen molar-refractivity contribution in [2.75, 3.05) is 6.79 Å². The highest BCUT2D eigenvalue weighted by molar-refractivity contribution is 5.47. The third-order valence-electron chi connectivity index (χ3n) is 3.12. The molecule has 2 N–H and O–H groups in total. The summed E-state index contributed by atoms with van der Waals surface area (Å²) in [5, 5.41) is 0. The Labute approximate surface area is 117 Å². The number of rotatable bonds is 4. The van der Waals surface area contributed by atoms with E-state index in [-0.39, 0.29) is 18.9 Å². The molecule has 2 heterocycles. The molecular weight excluding hydrogens is 256 g/mol. The summed E-state index contributed by atoms with van der Waals surface area (Å²) in [6.45, 7) is 2.16. The van der Waals surface area contributed by atoms with Crippen molar-refractivity contribution in [2.24, 2.45) is 5.73 Å². The predicted molar refractivity (Wildman–Crippen MR) is 73.8 cm³/mol. The van der Waals surface area contributed by atoms with Crippen LogP contribution in [0, 0.1) is 0 Å². The summed E-state index contributed by atoms with van der Waals surface area (Å²) in [6.07, 6.45) is 3.22. The van der Waals surface area contributed by atoms with Crippen molar-refractivity contribution in [1.82, 2.24) is 4.98 Å². The molecule has 5 nitrogen and oxygen atoms in total. The van der Waals surface area contributed by atoms with Gasteiger partial charge in [0.05, 0.1) is 0 Å². The Morgan fingerprint density at radius 2 is 1.90 bits per heavy atom. The summed E-state index contributed by atoms with van der Waals surface area (Å²) in [6, 6.07) is 9.16. The molecule has 0 fully saturated rings. The molecule has 2 aromatic rings. The van der Waals surface area contributed by atoms with Crippen molar-refractivity contribution in [3.8, 4) is 17.2 Å². The van der Waals surface area contributed by atoms with Crippen LogP contribution in [0.15, 0.2) is 42.7 Å². The number of nitrogens with zero attached hydrogens (tertiary/aromatic N) is 1. The Bertz CT molecular complexity index is 587. The highest BCUT2D eigenvalue weighted by Crippen LogP contribution is 2.36. The number of benzene rings is 1. The van der Waals surface area contributed by atoms with E-state index in [9.17, 15) is 0 Å². The molecule has 0 radical (unpaired) electrons. The molecule has 0 spiro atoms. The van der Waals surface area contributed by atoms with Gasteiger partial charge in [-0.15, -0.1) is 0 Å². The van der Waals surface area contributed by atoms with Crippen molar-refractivity contribution in [3.05, 3.63) is 48.3 Å². The van der Waals surface area contributed by atoms with Crippen LogP contribution in [0.2, 0.25) is 0 Å². The Morgan fingerprint density at radius 1 is 1.15 bits per heavy atom. The van der Waals surface area contributed by atoms with Crippen LogP contribution in [0.5, 0.6) is 17.2 Å². The number of pyridine rings is 1. The van der Waals surface area contributed by atoms with Crippen LogP contribution in [-0.4, -0.2) is 17.8 Å². The van der Waals surface area contributed by atoms with E-state index in [0.29, 0.717) is 11.5 Å². The summed E-state index contributed by atoms with van der Waals surface area (Å²) in [4.78, 5) is 4.01. The van der Waals surface area contributed by atoms with Crippen molar-refractivity contribution in [2.45, 2.75) is 19.1 Å². The van der Waals surface area contributed by atoms with Gasteiger partial charge in [-0.1, -0.05) is 0 Å². The van der Waals surface area contributed by atoms with Gasteiger partial charge < -0.3 is 19.9 Å². The molecule has 1 aliphatic rings. The quantitative estimate of drug-likeness (QED) is 0.924. The fourth-order valence-corrected chi connectivity index (χ4v) is 2.13. The molecule has 104 valence electrons. The zero-order valence-corrected chi connectivity index (χ0v) is 11.2. The molecule has 1 aromatic carbocycles. The monoisotopic (exact) mass is 272 g/mol. The minimum Gasteiger partial charge on any atom is -0.484 e. The van der Waals surface area contributed by atoms with Gasteiger partial charge in [0.2, 0.25) is 6.79 Å². The lowest BCUT2D eigenvalue weighted by Gasteiger charge is -2.23. The highest BCUT2D eigenvalue weighted by Gasteiger charge is 2.20. The molecule has 0 saturated carbocycles. The third kappa shape index (κ3) is 2.53. The molecular formula is C15H16N2O3. The first-order chi connectivity index (χ1) is 9.74. The number of aromatic nitrogens is 1. The van der Waals surface area contributed by atoms with Gasteiger partial charge in [-0.3, -0.25) is 4.98 Å².